The van der Waals surface area contributed by atoms with Crippen LogP contribution < -0.4 is 10.1 Å². The van der Waals surface area contributed by atoms with E-state index in [1.807, 2.05) is 45.0 Å². The normalized spacial score (nSPS) is 10.6. The van der Waals surface area contributed by atoms with Crippen LogP contribution in [-0.4, -0.2) is 22.7 Å². The van der Waals surface area contributed by atoms with Crippen LogP contribution in [0.25, 0.3) is 11.5 Å². The van der Waals surface area contributed by atoms with Crippen molar-refractivity contribution >= 4 is 23.5 Å². The molecular formula is C19H18ClN3O3. The van der Waals surface area contributed by atoms with Crippen molar-refractivity contribution in [2.45, 2.75) is 20.8 Å². The number of nitrogens with one attached hydrogen (secondary N) is 1. The summed E-state index contributed by atoms with van der Waals surface area (Å²) in [5, 5.41) is 7.01. The molecular weight excluding hydrogens is 354 g/mol. The molecule has 26 heavy (non-hydrogen) atoms. The second kappa shape index (κ2) is 7.58. The van der Waals surface area contributed by atoms with Crippen LogP contribution in [-0.2, 0) is 4.79 Å². The number of carbonyl (C=O) groups excluding carboxylic acids is 1. The Bertz CT molecular complexity index is 930. The topological polar surface area (TPSA) is 77.2 Å². The summed E-state index contributed by atoms with van der Waals surface area (Å²) in [4.78, 5) is 16.2. The lowest BCUT2D eigenvalue weighted by molar-refractivity contribution is -0.118. The Morgan fingerprint density at radius 2 is 1.92 bits per heavy atom. The van der Waals surface area contributed by atoms with Crippen LogP contribution in [0.2, 0.25) is 5.02 Å². The number of rotatable bonds is 5. The molecule has 0 fully saturated rings. The van der Waals surface area contributed by atoms with Crippen molar-refractivity contribution in [3.8, 4) is 17.2 Å². The van der Waals surface area contributed by atoms with Gasteiger partial charge >= 0.3 is 0 Å². The lowest BCUT2D eigenvalue weighted by atomic mass is 10.1. The van der Waals surface area contributed by atoms with Gasteiger partial charge in [-0.15, -0.1) is 0 Å². The van der Waals surface area contributed by atoms with Crippen LogP contribution in [0, 0.1) is 20.8 Å². The third kappa shape index (κ3) is 4.21. The molecule has 0 saturated carbocycles. The smallest absolute Gasteiger partial charge is 0.270 e. The highest BCUT2D eigenvalue weighted by Gasteiger charge is 2.12. The van der Waals surface area contributed by atoms with Crippen molar-refractivity contribution in [3.63, 3.8) is 0 Å². The number of hydrogen-bond acceptors (Lipinski definition) is 5. The number of ether oxygens (including phenoxy) is 1. The highest BCUT2D eigenvalue weighted by molar-refractivity contribution is 6.32. The third-order valence-electron chi connectivity index (χ3n) is 3.72. The van der Waals surface area contributed by atoms with Crippen molar-refractivity contribution in [3.05, 3.63) is 58.1 Å². The Hall–Kier alpha value is -2.86. The van der Waals surface area contributed by atoms with Crippen molar-refractivity contribution in [2.24, 2.45) is 0 Å². The molecule has 0 radical (unpaired) electrons. The van der Waals surface area contributed by atoms with Gasteiger partial charge in [0.2, 0.25) is 0 Å². The van der Waals surface area contributed by atoms with Crippen LogP contribution in [0.4, 0.5) is 5.95 Å². The quantitative estimate of drug-likeness (QED) is 0.722. The van der Waals surface area contributed by atoms with E-state index in [4.69, 9.17) is 20.9 Å². The number of aryl methyl sites for hydroxylation is 3. The third-order valence-corrected chi connectivity index (χ3v) is 4.32. The van der Waals surface area contributed by atoms with Crippen LogP contribution in [0.5, 0.6) is 5.75 Å². The molecule has 7 heteroatoms. The Kier molecular flexibility index (Phi) is 5.23. The second-order valence-electron chi connectivity index (χ2n) is 6.00. The molecule has 1 aromatic heterocycles. The minimum absolute atomic E-state index is 0.0959. The van der Waals surface area contributed by atoms with Gasteiger partial charge in [-0.1, -0.05) is 29.3 Å². The van der Waals surface area contributed by atoms with Crippen LogP contribution in [0.15, 0.2) is 40.9 Å². The molecule has 0 bridgehead atoms. The number of anilines is 1. The van der Waals surface area contributed by atoms with Gasteiger partial charge in [0, 0.05) is 10.6 Å². The minimum atomic E-state index is -0.383. The standard InChI is InChI=1S/C19H18ClN3O3/c1-11-5-4-6-14(7-11)18-22-19(23-26-18)21-16(24)10-25-15-8-12(2)17(20)13(3)9-15/h4-9H,10H2,1-3H3,(H,21,23,24). The van der Waals surface area contributed by atoms with E-state index in [1.165, 1.54) is 0 Å². The summed E-state index contributed by atoms with van der Waals surface area (Å²) in [7, 11) is 0. The summed E-state index contributed by atoms with van der Waals surface area (Å²) in [5.74, 6) is 0.632. The first kappa shape index (κ1) is 17.9. The molecule has 3 rings (SSSR count). The predicted octanol–water partition coefficient (Wildman–Crippen LogP) is 4.33. The highest BCUT2D eigenvalue weighted by Crippen LogP contribution is 2.26. The first-order chi connectivity index (χ1) is 12.4. The van der Waals surface area contributed by atoms with E-state index in [9.17, 15) is 4.79 Å². The Balaban J connectivity index is 1.60. The maximum atomic E-state index is 12.0. The number of benzene rings is 2. The SMILES string of the molecule is Cc1cccc(-c2nc(NC(=O)COc3cc(C)c(Cl)c(C)c3)no2)c1. The molecule has 0 saturated heterocycles. The molecule has 0 aliphatic rings. The van der Waals surface area contributed by atoms with Crippen LogP contribution in [0.1, 0.15) is 16.7 Å². The van der Waals surface area contributed by atoms with Gasteiger partial charge in [-0.2, -0.15) is 4.98 Å². The van der Waals surface area contributed by atoms with Crippen LogP contribution in [0.3, 0.4) is 0 Å². The number of aromatic nitrogens is 2. The number of amides is 1. The minimum Gasteiger partial charge on any atom is -0.484 e. The summed E-state index contributed by atoms with van der Waals surface area (Å²) in [6, 6.07) is 11.2. The first-order valence-electron chi connectivity index (χ1n) is 8.02. The van der Waals surface area contributed by atoms with Crippen molar-refractivity contribution in [1.29, 1.82) is 0 Å². The largest absolute Gasteiger partial charge is 0.484 e. The summed E-state index contributed by atoms with van der Waals surface area (Å²) in [5.41, 5.74) is 3.65. The van der Waals surface area contributed by atoms with E-state index in [2.05, 4.69) is 15.5 Å². The van der Waals surface area contributed by atoms with E-state index in [1.54, 1.807) is 12.1 Å². The summed E-state index contributed by atoms with van der Waals surface area (Å²) in [6.45, 7) is 5.57. The maximum Gasteiger partial charge on any atom is 0.270 e. The maximum absolute atomic E-state index is 12.0. The molecule has 3 aromatic rings. The molecule has 0 spiro atoms. The van der Waals surface area contributed by atoms with Crippen LogP contribution >= 0.6 is 11.6 Å². The fourth-order valence-corrected chi connectivity index (χ4v) is 2.58. The summed E-state index contributed by atoms with van der Waals surface area (Å²) < 4.78 is 10.7. The van der Waals surface area contributed by atoms with Crippen molar-refractivity contribution < 1.29 is 14.1 Å². The zero-order chi connectivity index (χ0) is 18.7. The molecule has 1 N–H and O–H groups in total. The fraction of sp³-hybridized carbons (Fsp3) is 0.211. The number of nitrogens with zero attached hydrogens (tertiary/aromatic N) is 2. The number of halogens is 1. The lowest BCUT2D eigenvalue weighted by Crippen LogP contribution is -2.20. The zero-order valence-corrected chi connectivity index (χ0v) is 15.4. The molecule has 0 aliphatic carbocycles. The monoisotopic (exact) mass is 371 g/mol. The molecule has 0 unspecified atom stereocenters. The molecule has 1 amide bonds. The average molecular weight is 372 g/mol. The lowest BCUT2D eigenvalue weighted by Gasteiger charge is -2.09. The molecule has 0 aliphatic heterocycles. The first-order valence-corrected chi connectivity index (χ1v) is 8.40. The van der Waals surface area contributed by atoms with Gasteiger partial charge in [0.15, 0.2) is 6.61 Å². The van der Waals surface area contributed by atoms with Gasteiger partial charge in [-0.3, -0.25) is 10.1 Å². The van der Waals surface area contributed by atoms with E-state index < -0.39 is 0 Å². The summed E-state index contributed by atoms with van der Waals surface area (Å²) >= 11 is 6.12. The average Bonchev–Trinajstić information content (AvgIpc) is 3.06. The van der Waals surface area contributed by atoms with Gasteiger partial charge in [-0.05, 0) is 61.3 Å². The van der Waals surface area contributed by atoms with Gasteiger partial charge in [0.05, 0.1) is 0 Å². The van der Waals surface area contributed by atoms with E-state index in [-0.39, 0.29) is 18.5 Å². The Morgan fingerprint density at radius 3 is 2.62 bits per heavy atom. The number of hydrogen-bond donors (Lipinski definition) is 1. The highest BCUT2D eigenvalue weighted by atomic mass is 35.5. The van der Waals surface area contributed by atoms with Crippen molar-refractivity contribution in [2.75, 3.05) is 11.9 Å². The fourth-order valence-electron chi connectivity index (χ4n) is 2.47. The second-order valence-corrected chi connectivity index (χ2v) is 6.38. The molecule has 0 atom stereocenters. The Labute approximate surface area is 156 Å². The van der Waals surface area contributed by atoms with Gasteiger partial charge in [-0.25, -0.2) is 0 Å². The molecule has 134 valence electrons. The van der Waals surface area contributed by atoms with E-state index >= 15 is 0 Å². The molecule has 6 nitrogen and oxygen atoms in total. The van der Waals surface area contributed by atoms with Crippen molar-refractivity contribution in [1.82, 2.24) is 10.1 Å². The van der Waals surface area contributed by atoms with E-state index in [0.717, 1.165) is 22.3 Å². The Morgan fingerprint density at radius 1 is 1.19 bits per heavy atom. The number of carbonyl (C=O) groups is 1. The van der Waals surface area contributed by atoms with Gasteiger partial charge < -0.3 is 9.26 Å². The molecule has 1 heterocycles. The summed E-state index contributed by atoms with van der Waals surface area (Å²) in [6.07, 6.45) is 0. The van der Waals surface area contributed by atoms with Gasteiger partial charge in [0.25, 0.3) is 17.7 Å². The zero-order valence-electron chi connectivity index (χ0n) is 14.7. The van der Waals surface area contributed by atoms with Gasteiger partial charge in [0.1, 0.15) is 5.75 Å². The predicted molar refractivity (Wildman–Crippen MR) is 99.5 cm³/mol. The van der Waals surface area contributed by atoms with E-state index in [0.29, 0.717) is 16.7 Å². The molecule has 2 aromatic carbocycles.